The molecule has 0 aliphatic carbocycles. The Morgan fingerprint density at radius 1 is 1.21 bits per heavy atom. The van der Waals surface area contributed by atoms with E-state index < -0.39 is 12.1 Å². The highest BCUT2D eigenvalue weighted by molar-refractivity contribution is 5.43. The number of aliphatic hydroxyl groups is 1. The van der Waals surface area contributed by atoms with Gasteiger partial charge < -0.3 is 15.9 Å². The second-order valence-corrected chi connectivity index (χ2v) is 3.77. The maximum Gasteiger partial charge on any atom is 0.121 e. The zero-order valence-corrected chi connectivity index (χ0v) is 8.78. The molecule has 3 nitrogen and oxygen atoms in total. The van der Waals surface area contributed by atoms with Crippen LogP contribution >= 0.6 is 0 Å². The molecule has 0 aromatic heterocycles. The van der Waals surface area contributed by atoms with Crippen molar-refractivity contribution in [3.05, 3.63) is 28.8 Å². The number of hydrogen-bond donors (Lipinski definition) is 3. The van der Waals surface area contributed by atoms with Crippen LogP contribution < -0.4 is 5.73 Å². The maximum atomic E-state index is 9.55. The molecule has 0 saturated heterocycles. The Balaban J connectivity index is 3.12. The quantitative estimate of drug-likeness (QED) is 0.668. The van der Waals surface area contributed by atoms with E-state index >= 15 is 0 Å². The highest BCUT2D eigenvalue weighted by Crippen LogP contribution is 2.26. The summed E-state index contributed by atoms with van der Waals surface area (Å²) in [6.07, 6.45) is -0.585. The summed E-state index contributed by atoms with van der Waals surface area (Å²) < 4.78 is 0. The summed E-state index contributed by atoms with van der Waals surface area (Å²) >= 11 is 0. The predicted octanol–water partition coefficient (Wildman–Crippen LogP) is 1.39. The van der Waals surface area contributed by atoms with Gasteiger partial charge in [0.15, 0.2) is 0 Å². The minimum atomic E-state index is -0.585. The van der Waals surface area contributed by atoms with Crippen molar-refractivity contribution in [2.24, 2.45) is 5.73 Å². The first-order chi connectivity index (χ1) is 6.43. The standard InChI is InChI=1S/C11H17NO2/c1-6-4-9(10(12)8(3)13)5-7(2)11(6)14/h4-5,8,10,13-14H,12H2,1-3H3/t8-,10+/m0/s1. The lowest BCUT2D eigenvalue weighted by Crippen LogP contribution is -2.23. The lowest BCUT2D eigenvalue weighted by molar-refractivity contribution is 0.164. The third-order valence-electron chi connectivity index (χ3n) is 2.42. The molecule has 0 spiro atoms. The Labute approximate surface area is 84.2 Å². The second kappa shape index (κ2) is 3.98. The first-order valence-electron chi connectivity index (χ1n) is 4.67. The number of aromatic hydroxyl groups is 1. The average molecular weight is 195 g/mol. The van der Waals surface area contributed by atoms with Crippen molar-refractivity contribution >= 4 is 0 Å². The van der Waals surface area contributed by atoms with Gasteiger partial charge in [-0.15, -0.1) is 0 Å². The van der Waals surface area contributed by atoms with Gasteiger partial charge in [0.1, 0.15) is 5.75 Å². The zero-order chi connectivity index (χ0) is 10.9. The van der Waals surface area contributed by atoms with Crippen LogP contribution in [0.15, 0.2) is 12.1 Å². The molecule has 1 aromatic rings. The van der Waals surface area contributed by atoms with Gasteiger partial charge in [-0.3, -0.25) is 0 Å². The van der Waals surface area contributed by atoms with Crippen molar-refractivity contribution in [3.63, 3.8) is 0 Å². The molecular weight excluding hydrogens is 178 g/mol. The van der Waals surface area contributed by atoms with E-state index in [2.05, 4.69) is 0 Å². The molecule has 14 heavy (non-hydrogen) atoms. The molecule has 0 heterocycles. The van der Waals surface area contributed by atoms with Crippen LogP contribution in [0.3, 0.4) is 0 Å². The molecule has 78 valence electrons. The van der Waals surface area contributed by atoms with E-state index in [1.54, 1.807) is 19.1 Å². The zero-order valence-electron chi connectivity index (χ0n) is 8.78. The minimum absolute atomic E-state index is 0.298. The van der Waals surface area contributed by atoms with Gasteiger partial charge in [0.05, 0.1) is 12.1 Å². The lowest BCUT2D eigenvalue weighted by atomic mass is 9.98. The van der Waals surface area contributed by atoms with Gasteiger partial charge in [0.25, 0.3) is 0 Å². The summed E-state index contributed by atoms with van der Waals surface area (Å²) in [7, 11) is 0. The van der Waals surface area contributed by atoms with Crippen molar-refractivity contribution in [1.82, 2.24) is 0 Å². The summed E-state index contributed by atoms with van der Waals surface area (Å²) in [6.45, 7) is 5.30. The van der Waals surface area contributed by atoms with Gasteiger partial charge in [-0.05, 0) is 37.5 Å². The maximum absolute atomic E-state index is 9.55. The van der Waals surface area contributed by atoms with Crippen molar-refractivity contribution in [2.75, 3.05) is 0 Å². The van der Waals surface area contributed by atoms with Gasteiger partial charge in [-0.1, -0.05) is 12.1 Å². The fourth-order valence-electron chi connectivity index (χ4n) is 1.46. The smallest absolute Gasteiger partial charge is 0.121 e. The minimum Gasteiger partial charge on any atom is -0.507 e. The molecule has 3 heteroatoms. The van der Waals surface area contributed by atoms with Gasteiger partial charge in [0.2, 0.25) is 0 Å². The van der Waals surface area contributed by atoms with E-state index in [0.717, 1.165) is 16.7 Å². The molecule has 1 rings (SSSR count). The molecule has 1 aromatic carbocycles. The van der Waals surface area contributed by atoms with Crippen LogP contribution in [0.4, 0.5) is 0 Å². The molecular formula is C11H17NO2. The van der Waals surface area contributed by atoms with Crippen LogP contribution in [-0.2, 0) is 0 Å². The Bertz CT molecular complexity index is 311. The molecule has 0 unspecified atom stereocenters. The highest BCUT2D eigenvalue weighted by Gasteiger charge is 2.14. The van der Waals surface area contributed by atoms with Crippen molar-refractivity contribution in [2.45, 2.75) is 32.9 Å². The van der Waals surface area contributed by atoms with Gasteiger partial charge in [0, 0.05) is 0 Å². The monoisotopic (exact) mass is 195 g/mol. The van der Waals surface area contributed by atoms with Crippen LogP contribution in [0.2, 0.25) is 0 Å². The lowest BCUT2D eigenvalue weighted by Gasteiger charge is -2.17. The summed E-state index contributed by atoms with van der Waals surface area (Å²) in [5.74, 6) is 0.298. The molecule has 0 aliphatic rings. The molecule has 0 amide bonds. The molecule has 2 atom stereocenters. The summed E-state index contributed by atoms with van der Waals surface area (Å²) in [5.41, 5.74) is 8.22. The summed E-state index contributed by atoms with van der Waals surface area (Å²) in [5, 5.41) is 18.9. The Hall–Kier alpha value is -1.06. The fraction of sp³-hybridized carbons (Fsp3) is 0.455. The van der Waals surface area contributed by atoms with Crippen LogP contribution in [0.1, 0.15) is 29.7 Å². The topological polar surface area (TPSA) is 66.5 Å². The van der Waals surface area contributed by atoms with Crippen LogP contribution in [0.25, 0.3) is 0 Å². The number of nitrogens with two attached hydrogens (primary N) is 1. The van der Waals surface area contributed by atoms with Crippen LogP contribution in [-0.4, -0.2) is 16.3 Å². The van der Waals surface area contributed by atoms with E-state index in [1.165, 1.54) is 0 Å². The van der Waals surface area contributed by atoms with E-state index in [0.29, 0.717) is 5.75 Å². The van der Waals surface area contributed by atoms with Crippen molar-refractivity contribution < 1.29 is 10.2 Å². The number of phenols is 1. The number of phenolic OH excluding ortho intramolecular Hbond substituents is 1. The first-order valence-corrected chi connectivity index (χ1v) is 4.67. The molecule has 0 radical (unpaired) electrons. The number of rotatable bonds is 2. The van der Waals surface area contributed by atoms with Gasteiger partial charge in [-0.25, -0.2) is 0 Å². The van der Waals surface area contributed by atoms with Gasteiger partial charge in [-0.2, -0.15) is 0 Å². The summed E-state index contributed by atoms with van der Waals surface area (Å²) in [6, 6.07) is 3.22. The SMILES string of the molecule is Cc1cc([C@H](N)[C@H](C)O)cc(C)c1O. The van der Waals surface area contributed by atoms with Crippen LogP contribution in [0.5, 0.6) is 5.75 Å². The number of benzene rings is 1. The van der Waals surface area contributed by atoms with Crippen LogP contribution in [0, 0.1) is 13.8 Å². The Morgan fingerprint density at radius 2 is 1.64 bits per heavy atom. The Morgan fingerprint density at radius 3 is 2.00 bits per heavy atom. The van der Waals surface area contributed by atoms with E-state index in [9.17, 15) is 10.2 Å². The number of aryl methyl sites for hydroxylation is 2. The Kier molecular flexibility index (Phi) is 3.13. The molecule has 0 bridgehead atoms. The van der Waals surface area contributed by atoms with E-state index in [1.807, 2.05) is 13.8 Å². The average Bonchev–Trinajstić information content (AvgIpc) is 2.12. The van der Waals surface area contributed by atoms with E-state index in [4.69, 9.17) is 5.73 Å². The summed E-state index contributed by atoms with van der Waals surface area (Å²) in [4.78, 5) is 0. The molecule has 0 saturated carbocycles. The molecule has 0 fully saturated rings. The van der Waals surface area contributed by atoms with Crippen molar-refractivity contribution in [3.8, 4) is 5.75 Å². The molecule has 4 N–H and O–H groups in total. The van der Waals surface area contributed by atoms with Gasteiger partial charge >= 0.3 is 0 Å². The second-order valence-electron chi connectivity index (χ2n) is 3.77. The number of aliphatic hydroxyl groups excluding tert-OH is 1. The highest BCUT2D eigenvalue weighted by atomic mass is 16.3. The van der Waals surface area contributed by atoms with E-state index in [-0.39, 0.29) is 0 Å². The fourth-order valence-corrected chi connectivity index (χ4v) is 1.46. The normalized spacial score (nSPS) is 15.2. The van der Waals surface area contributed by atoms with Crippen molar-refractivity contribution in [1.29, 1.82) is 0 Å². The largest absolute Gasteiger partial charge is 0.507 e. The first kappa shape index (κ1) is 11.0. The third-order valence-corrected chi connectivity index (χ3v) is 2.42. The predicted molar refractivity (Wildman–Crippen MR) is 56.2 cm³/mol. The molecule has 0 aliphatic heterocycles. The number of hydrogen-bond acceptors (Lipinski definition) is 3. The third kappa shape index (κ3) is 2.05.